The number of aliphatic carboxylic acids is 1. The lowest BCUT2D eigenvalue weighted by molar-refractivity contribution is -0.140. The number of carbonyl (C=O) groups excluding carboxylic acids is 1. The number of ketones is 1. The Morgan fingerprint density at radius 2 is 1.82 bits per heavy atom. The molecule has 4 rings (SSSR count). The standard InChI is InChI=1S/C25H30N4O4/c1-25(26)21(15-23(30)31)14-20-13-19(7-8-22(20)33-25)24(32)18-5-3-17(4-6-18)16-27-29-11-9-28(2)10-12-29/h3-8,13,16,21H,9-12,14-15,26H2,1-2H3,(H,30,31). The van der Waals surface area contributed by atoms with E-state index in [9.17, 15) is 14.7 Å². The fourth-order valence-electron chi connectivity index (χ4n) is 4.20. The van der Waals surface area contributed by atoms with Gasteiger partial charge in [-0.3, -0.25) is 20.3 Å². The molecule has 3 N–H and O–H groups in total. The first kappa shape index (κ1) is 22.9. The van der Waals surface area contributed by atoms with Gasteiger partial charge in [-0.05, 0) is 49.7 Å². The molecule has 1 fully saturated rings. The summed E-state index contributed by atoms with van der Waals surface area (Å²) < 4.78 is 5.85. The molecule has 8 heteroatoms. The van der Waals surface area contributed by atoms with Crippen LogP contribution in [0.1, 0.15) is 40.4 Å². The van der Waals surface area contributed by atoms with Gasteiger partial charge >= 0.3 is 5.97 Å². The average Bonchev–Trinajstić information content (AvgIpc) is 2.78. The monoisotopic (exact) mass is 450 g/mol. The van der Waals surface area contributed by atoms with Gasteiger partial charge in [-0.2, -0.15) is 5.10 Å². The second-order valence-electron chi connectivity index (χ2n) is 9.06. The fourth-order valence-corrected chi connectivity index (χ4v) is 4.20. The van der Waals surface area contributed by atoms with Gasteiger partial charge in [0.1, 0.15) is 5.75 Å². The van der Waals surface area contributed by atoms with Crippen LogP contribution in [0.3, 0.4) is 0 Å². The summed E-state index contributed by atoms with van der Waals surface area (Å²) in [5.74, 6) is -0.816. The molecule has 2 aromatic rings. The van der Waals surface area contributed by atoms with Crippen molar-refractivity contribution >= 4 is 18.0 Å². The normalized spacial score (nSPS) is 23.2. The SMILES string of the molecule is CN1CCN(N=Cc2ccc(C(=O)c3ccc4c(c3)CC(CC(=O)O)C(C)(N)O4)cc2)CC1. The fraction of sp³-hybridized carbons (Fsp3) is 0.400. The number of carboxylic acids is 1. The van der Waals surface area contributed by atoms with Crippen molar-refractivity contribution in [2.75, 3.05) is 33.2 Å². The van der Waals surface area contributed by atoms with Crippen LogP contribution in [0.15, 0.2) is 47.6 Å². The van der Waals surface area contributed by atoms with E-state index >= 15 is 0 Å². The van der Waals surface area contributed by atoms with Crippen molar-refractivity contribution in [2.24, 2.45) is 16.8 Å². The number of rotatable bonds is 6. The van der Waals surface area contributed by atoms with E-state index in [2.05, 4.69) is 22.1 Å². The molecule has 8 nitrogen and oxygen atoms in total. The van der Waals surface area contributed by atoms with Gasteiger partial charge in [0, 0.05) is 43.2 Å². The van der Waals surface area contributed by atoms with E-state index in [-0.39, 0.29) is 18.1 Å². The predicted molar refractivity (Wildman–Crippen MR) is 126 cm³/mol. The maximum Gasteiger partial charge on any atom is 0.303 e. The highest BCUT2D eigenvalue weighted by Crippen LogP contribution is 2.37. The van der Waals surface area contributed by atoms with Crippen LogP contribution in [0, 0.1) is 5.92 Å². The van der Waals surface area contributed by atoms with E-state index in [1.807, 2.05) is 18.3 Å². The molecular weight excluding hydrogens is 420 g/mol. The summed E-state index contributed by atoms with van der Waals surface area (Å²) in [7, 11) is 2.11. The summed E-state index contributed by atoms with van der Waals surface area (Å²) in [6, 6.07) is 12.6. The minimum absolute atomic E-state index is 0.0955. The van der Waals surface area contributed by atoms with Crippen LogP contribution in [-0.4, -0.2) is 71.9 Å². The van der Waals surface area contributed by atoms with E-state index in [4.69, 9.17) is 10.5 Å². The third kappa shape index (κ3) is 5.40. The van der Waals surface area contributed by atoms with Crippen molar-refractivity contribution in [3.63, 3.8) is 0 Å². The van der Waals surface area contributed by atoms with E-state index in [0.717, 1.165) is 37.3 Å². The number of nitrogens with two attached hydrogens (primary N) is 1. The zero-order valence-electron chi connectivity index (χ0n) is 19.0. The zero-order chi connectivity index (χ0) is 23.6. The Morgan fingerprint density at radius 1 is 1.15 bits per heavy atom. The van der Waals surface area contributed by atoms with Crippen molar-refractivity contribution in [3.05, 3.63) is 64.7 Å². The Morgan fingerprint density at radius 3 is 2.48 bits per heavy atom. The molecule has 0 saturated carbocycles. The van der Waals surface area contributed by atoms with Crippen LogP contribution in [0.25, 0.3) is 0 Å². The van der Waals surface area contributed by atoms with Crippen LogP contribution < -0.4 is 10.5 Å². The van der Waals surface area contributed by atoms with Gasteiger partial charge in [0.05, 0.1) is 12.6 Å². The first-order chi connectivity index (χ1) is 15.7. The highest BCUT2D eigenvalue weighted by molar-refractivity contribution is 6.09. The van der Waals surface area contributed by atoms with E-state index in [1.54, 1.807) is 37.3 Å². The molecule has 174 valence electrons. The Hall–Kier alpha value is -3.23. The second kappa shape index (κ2) is 9.33. The summed E-state index contributed by atoms with van der Waals surface area (Å²) >= 11 is 0. The van der Waals surface area contributed by atoms with Gasteiger partial charge in [0.15, 0.2) is 11.5 Å². The third-order valence-electron chi connectivity index (χ3n) is 6.37. The number of piperazine rings is 1. The van der Waals surface area contributed by atoms with E-state index in [0.29, 0.717) is 23.3 Å². The van der Waals surface area contributed by atoms with Crippen molar-refractivity contribution in [3.8, 4) is 5.75 Å². The van der Waals surface area contributed by atoms with Crippen LogP contribution in [0.2, 0.25) is 0 Å². The lowest BCUT2D eigenvalue weighted by atomic mass is 9.84. The summed E-state index contributed by atoms with van der Waals surface area (Å²) in [6.07, 6.45) is 2.17. The lowest BCUT2D eigenvalue weighted by Gasteiger charge is -2.39. The Labute approximate surface area is 193 Å². The zero-order valence-corrected chi connectivity index (χ0v) is 19.0. The molecule has 1 saturated heterocycles. The lowest BCUT2D eigenvalue weighted by Crippen LogP contribution is -2.53. The highest BCUT2D eigenvalue weighted by atomic mass is 16.5. The first-order valence-electron chi connectivity index (χ1n) is 11.2. The van der Waals surface area contributed by atoms with E-state index in [1.165, 1.54) is 0 Å². The van der Waals surface area contributed by atoms with Gasteiger partial charge in [-0.25, -0.2) is 0 Å². The van der Waals surface area contributed by atoms with Gasteiger partial charge < -0.3 is 14.7 Å². The van der Waals surface area contributed by atoms with E-state index < -0.39 is 11.7 Å². The van der Waals surface area contributed by atoms with Crippen molar-refractivity contribution < 1.29 is 19.4 Å². The maximum absolute atomic E-state index is 13.1. The average molecular weight is 451 g/mol. The number of carbonyl (C=O) groups is 2. The maximum atomic E-state index is 13.1. The molecule has 2 aliphatic heterocycles. The number of benzene rings is 2. The van der Waals surface area contributed by atoms with Crippen molar-refractivity contribution in [1.29, 1.82) is 0 Å². The van der Waals surface area contributed by atoms with Crippen LogP contribution in [0.4, 0.5) is 0 Å². The number of fused-ring (bicyclic) bond motifs is 1. The predicted octanol–water partition coefficient (Wildman–Crippen LogP) is 2.20. The summed E-state index contributed by atoms with van der Waals surface area (Å²) in [5.41, 5.74) is 7.97. The number of hydrogen-bond acceptors (Lipinski definition) is 7. The van der Waals surface area contributed by atoms with Crippen molar-refractivity contribution in [2.45, 2.75) is 25.5 Å². The number of ether oxygens (including phenoxy) is 1. The highest BCUT2D eigenvalue weighted by Gasteiger charge is 2.39. The molecular formula is C25H30N4O4. The smallest absolute Gasteiger partial charge is 0.303 e. The molecule has 0 radical (unpaired) electrons. The molecule has 0 aromatic heterocycles. The largest absolute Gasteiger partial charge is 0.481 e. The Kier molecular flexibility index (Phi) is 6.49. The second-order valence-corrected chi connectivity index (χ2v) is 9.06. The number of carboxylic acid groups (broad SMARTS) is 1. The van der Waals surface area contributed by atoms with Gasteiger partial charge in [0.2, 0.25) is 0 Å². The van der Waals surface area contributed by atoms with Crippen LogP contribution >= 0.6 is 0 Å². The van der Waals surface area contributed by atoms with Gasteiger partial charge in [-0.1, -0.05) is 24.3 Å². The molecule has 2 aliphatic rings. The molecule has 0 aliphatic carbocycles. The molecule has 0 spiro atoms. The van der Waals surface area contributed by atoms with Gasteiger partial charge in [0.25, 0.3) is 0 Å². The summed E-state index contributed by atoms with van der Waals surface area (Å²) in [5, 5.41) is 15.8. The molecule has 2 aromatic carbocycles. The molecule has 2 atom stereocenters. The molecule has 2 unspecified atom stereocenters. The summed E-state index contributed by atoms with van der Waals surface area (Å²) in [6.45, 7) is 5.50. The quantitative estimate of drug-likeness (QED) is 0.513. The molecule has 2 heterocycles. The molecule has 33 heavy (non-hydrogen) atoms. The van der Waals surface area contributed by atoms with Gasteiger partial charge in [-0.15, -0.1) is 0 Å². The molecule has 0 bridgehead atoms. The minimum atomic E-state index is -1.07. The number of hydrazone groups is 1. The molecule has 0 amide bonds. The third-order valence-corrected chi connectivity index (χ3v) is 6.37. The number of hydrogen-bond donors (Lipinski definition) is 2. The van der Waals surface area contributed by atoms with Crippen molar-refractivity contribution in [1.82, 2.24) is 9.91 Å². The van der Waals surface area contributed by atoms with Crippen LogP contribution in [0.5, 0.6) is 5.75 Å². The number of nitrogens with zero attached hydrogens (tertiary/aromatic N) is 3. The van der Waals surface area contributed by atoms with Crippen LogP contribution in [-0.2, 0) is 11.2 Å². The Bertz CT molecular complexity index is 1060. The minimum Gasteiger partial charge on any atom is -0.481 e. The topological polar surface area (TPSA) is 108 Å². The Balaban J connectivity index is 1.46. The first-order valence-corrected chi connectivity index (χ1v) is 11.2. The summed E-state index contributed by atoms with van der Waals surface area (Å²) in [4.78, 5) is 26.6. The number of likely N-dealkylation sites (N-methyl/N-ethyl adjacent to an activating group) is 1.